The number of pyridine rings is 1. The Hall–Kier alpha value is -1.87. The van der Waals surface area contributed by atoms with Gasteiger partial charge in [0.05, 0.1) is 0 Å². The normalized spacial score (nSPS) is 10.9. The smallest absolute Gasteiger partial charge is 0.151 e. The minimum atomic E-state index is 0.144. The van der Waals surface area contributed by atoms with Crippen LogP contribution in [0.3, 0.4) is 0 Å². The molecular weight excluding hydrogens is 236 g/mol. The van der Waals surface area contributed by atoms with Crippen LogP contribution in [0, 0.1) is 6.92 Å². The lowest BCUT2D eigenvalue weighted by molar-refractivity contribution is 0.474. The van der Waals surface area contributed by atoms with Crippen LogP contribution in [-0.4, -0.2) is 16.3 Å². The fourth-order valence-electron chi connectivity index (χ4n) is 1.30. The Morgan fingerprint density at radius 2 is 2.12 bits per heavy atom. The van der Waals surface area contributed by atoms with Crippen molar-refractivity contribution in [2.45, 2.75) is 6.92 Å². The molecule has 0 fully saturated rings. The first-order valence-corrected chi connectivity index (χ1v) is 5.48. The van der Waals surface area contributed by atoms with Gasteiger partial charge in [0, 0.05) is 23.0 Å². The molecule has 1 aromatic carbocycles. The Labute approximate surface area is 104 Å². The molecule has 0 saturated heterocycles. The summed E-state index contributed by atoms with van der Waals surface area (Å²) in [7, 11) is 0. The van der Waals surface area contributed by atoms with Gasteiger partial charge in [0.25, 0.3) is 0 Å². The van der Waals surface area contributed by atoms with Gasteiger partial charge < -0.3 is 5.11 Å². The van der Waals surface area contributed by atoms with Crippen molar-refractivity contribution in [2.75, 3.05) is 0 Å². The van der Waals surface area contributed by atoms with Crippen LogP contribution in [0.2, 0.25) is 5.02 Å². The first-order chi connectivity index (χ1) is 8.15. The maximum Gasteiger partial charge on any atom is 0.151 e. The van der Waals surface area contributed by atoms with Crippen LogP contribution in [-0.2, 0) is 0 Å². The van der Waals surface area contributed by atoms with E-state index in [2.05, 4.69) is 9.98 Å². The van der Waals surface area contributed by atoms with E-state index in [-0.39, 0.29) is 5.75 Å². The summed E-state index contributed by atoms with van der Waals surface area (Å²) in [6, 6.07) is 8.55. The third-order valence-corrected chi connectivity index (χ3v) is 2.46. The lowest BCUT2D eigenvalue weighted by Gasteiger charge is -1.99. The number of phenols is 1. The van der Waals surface area contributed by atoms with E-state index in [1.54, 1.807) is 24.5 Å². The molecule has 1 heterocycles. The summed E-state index contributed by atoms with van der Waals surface area (Å²) in [5.74, 6) is 0.736. The molecule has 0 aliphatic rings. The van der Waals surface area contributed by atoms with E-state index in [9.17, 15) is 5.11 Å². The number of aryl methyl sites for hydroxylation is 1. The fourth-order valence-corrected chi connectivity index (χ4v) is 1.48. The molecule has 0 spiro atoms. The van der Waals surface area contributed by atoms with Crippen LogP contribution in [0.1, 0.15) is 11.1 Å². The predicted octanol–water partition coefficient (Wildman–Crippen LogP) is 3.50. The van der Waals surface area contributed by atoms with Gasteiger partial charge in [0.15, 0.2) is 5.82 Å². The molecule has 0 radical (unpaired) electrons. The number of aliphatic imine (C=N–C) groups is 1. The van der Waals surface area contributed by atoms with Gasteiger partial charge in [-0.15, -0.1) is 0 Å². The molecule has 17 heavy (non-hydrogen) atoms. The molecular formula is C13H11ClN2O. The van der Waals surface area contributed by atoms with E-state index in [4.69, 9.17) is 11.6 Å². The Morgan fingerprint density at radius 1 is 1.29 bits per heavy atom. The molecule has 2 rings (SSSR count). The molecule has 0 aliphatic carbocycles. The Balaban J connectivity index is 2.25. The number of hydrogen-bond acceptors (Lipinski definition) is 3. The van der Waals surface area contributed by atoms with Crippen molar-refractivity contribution in [3.8, 4) is 5.75 Å². The summed E-state index contributed by atoms with van der Waals surface area (Å²) < 4.78 is 0. The zero-order chi connectivity index (χ0) is 12.3. The first kappa shape index (κ1) is 11.6. The number of nitrogens with zero attached hydrogens (tertiary/aromatic N) is 2. The fraction of sp³-hybridized carbons (Fsp3) is 0.0769. The van der Waals surface area contributed by atoms with Crippen molar-refractivity contribution in [3.63, 3.8) is 0 Å². The van der Waals surface area contributed by atoms with Gasteiger partial charge in [0.1, 0.15) is 5.75 Å². The molecule has 2 aromatic rings. The van der Waals surface area contributed by atoms with Crippen molar-refractivity contribution in [3.05, 3.63) is 52.7 Å². The molecule has 4 heteroatoms. The van der Waals surface area contributed by atoms with Gasteiger partial charge >= 0.3 is 0 Å². The molecule has 0 bridgehead atoms. The predicted molar refractivity (Wildman–Crippen MR) is 69.3 cm³/mol. The van der Waals surface area contributed by atoms with Crippen molar-refractivity contribution in [1.29, 1.82) is 0 Å². The number of rotatable bonds is 2. The van der Waals surface area contributed by atoms with Crippen LogP contribution in [0.25, 0.3) is 0 Å². The minimum Gasteiger partial charge on any atom is -0.507 e. The summed E-state index contributed by atoms with van der Waals surface area (Å²) in [6.45, 7) is 1.96. The molecule has 1 N–H and O–H groups in total. The molecule has 3 nitrogen and oxygen atoms in total. The molecule has 0 saturated carbocycles. The summed E-state index contributed by atoms with van der Waals surface area (Å²) in [5, 5.41) is 10.1. The lowest BCUT2D eigenvalue weighted by atomic mass is 10.2. The van der Waals surface area contributed by atoms with Gasteiger partial charge in [-0.05, 0) is 36.8 Å². The topological polar surface area (TPSA) is 45.5 Å². The monoisotopic (exact) mass is 246 g/mol. The number of hydrogen-bond donors (Lipinski definition) is 1. The summed E-state index contributed by atoms with van der Waals surface area (Å²) >= 11 is 5.83. The van der Waals surface area contributed by atoms with Crippen molar-refractivity contribution in [2.24, 2.45) is 4.99 Å². The number of benzene rings is 1. The number of aromatic hydroxyl groups is 1. The third kappa shape index (κ3) is 3.04. The van der Waals surface area contributed by atoms with Crippen molar-refractivity contribution in [1.82, 2.24) is 4.98 Å². The Kier molecular flexibility index (Phi) is 3.40. The van der Waals surface area contributed by atoms with Gasteiger partial charge in [-0.25, -0.2) is 9.98 Å². The second kappa shape index (κ2) is 4.97. The number of phenolic OH excluding ortho intramolecular Hbond substituents is 1. The maximum atomic E-state index is 9.59. The summed E-state index contributed by atoms with van der Waals surface area (Å²) in [4.78, 5) is 8.30. The Morgan fingerprint density at radius 3 is 2.82 bits per heavy atom. The molecule has 0 aliphatic heterocycles. The highest BCUT2D eigenvalue weighted by Gasteiger charge is 1.99. The van der Waals surface area contributed by atoms with Crippen molar-refractivity contribution < 1.29 is 5.11 Å². The molecule has 86 valence electrons. The Bertz CT molecular complexity index is 550. The average Bonchev–Trinajstić information content (AvgIpc) is 2.32. The van der Waals surface area contributed by atoms with E-state index < -0.39 is 0 Å². The molecule has 0 amide bonds. The largest absolute Gasteiger partial charge is 0.507 e. The number of halogens is 1. The third-order valence-electron chi connectivity index (χ3n) is 2.22. The zero-order valence-corrected chi connectivity index (χ0v) is 10.0. The minimum absolute atomic E-state index is 0.144. The maximum absolute atomic E-state index is 9.59. The van der Waals surface area contributed by atoms with Crippen LogP contribution in [0.4, 0.5) is 5.82 Å². The molecule has 0 atom stereocenters. The highest BCUT2D eigenvalue weighted by Crippen LogP contribution is 2.20. The van der Waals surface area contributed by atoms with E-state index in [1.807, 2.05) is 19.1 Å². The van der Waals surface area contributed by atoms with Crippen LogP contribution in [0.15, 0.2) is 41.5 Å². The summed E-state index contributed by atoms with van der Waals surface area (Å²) in [6.07, 6.45) is 3.28. The standard InChI is InChI=1S/C13H11ClN2O/c1-9-2-5-13(15-7-9)16-8-10-6-11(14)3-4-12(10)17/h2-8,17H,1H3. The SMILES string of the molecule is Cc1ccc(N=Cc2cc(Cl)ccc2O)nc1. The van der Waals surface area contributed by atoms with E-state index >= 15 is 0 Å². The molecule has 0 unspecified atom stereocenters. The highest BCUT2D eigenvalue weighted by atomic mass is 35.5. The lowest BCUT2D eigenvalue weighted by Crippen LogP contribution is -1.83. The van der Waals surface area contributed by atoms with Crippen molar-refractivity contribution >= 4 is 23.6 Å². The van der Waals surface area contributed by atoms with Gasteiger partial charge in [-0.3, -0.25) is 0 Å². The van der Waals surface area contributed by atoms with E-state index in [0.717, 1.165) is 5.56 Å². The van der Waals surface area contributed by atoms with Gasteiger partial charge in [0.2, 0.25) is 0 Å². The van der Waals surface area contributed by atoms with Crippen LogP contribution >= 0.6 is 11.6 Å². The van der Waals surface area contributed by atoms with E-state index in [0.29, 0.717) is 16.4 Å². The van der Waals surface area contributed by atoms with Gasteiger partial charge in [-0.2, -0.15) is 0 Å². The second-order valence-corrected chi connectivity index (χ2v) is 4.09. The van der Waals surface area contributed by atoms with Crippen LogP contribution < -0.4 is 0 Å². The van der Waals surface area contributed by atoms with Crippen LogP contribution in [0.5, 0.6) is 5.75 Å². The van der Waals surface area contributed by atoms with E-state index in [1.165, 1.54) is 6.07 Å². The average molecular weight is 247 g/mol. The highest BCUT2D eigenvalue weighted by molar-refractivity contribution is 6.30. The number of aromatic nitrogens is 1. The summed E-state index contributed by atoms with van der Waals surface area (Å²) in [5.41, 5.74) is 1.65. The van der Waals surface area contributed by atoms with Gasteiger partial charge in [-0.1, -0.05) is 17.7 Å². The first-order valence-electron chi connectivity index (χ1n) is 5.10. The molecule has 1 aromatic heterocycles. The quantitative estimate of drug-likeness (QED) is 0.825. The zero-order valence-electron chi connectivity index (χ0n) is 9.26. The second-order valence-electron chi connectivity index (χ2n) is 3.66.